The molecule has 1 aliphatic heterocycles. The summed E-state index contributed by atoms with van der Waals surface area (Å²) in [6.45, 7) is 8.51. The molecule has 1 saturated heterocycles. The van der Waals surface area contributed by atoms with Gasteiger partial charge in [0.15, 0.2) is 6.07 Å². The number of carbonyl (C=O) groups excluding carboxylic acids is 1. The minimum Gasteiger partial charge on any atom is -0.472 e. The van der Waals surface area contributed by atoms with Crippen molar-refractivity contribution in [2.45, 2.75) is 38.8 Å². The summed E-state index contributed by atoms with van der Waals surface area (Å²) in [6.07, 6.45) is -1.17. The smallest absolute Gasteiger partial charge is 0.309 e. The summed E-state index contributed by atoms with van der Waals surface area (Å²) in [7, 11) is 0. The molecular weight excluding hydrogens is 384 g/mol. The molecule has 0 spiro atoms. The molecule has 1 fully saturated rings. The number of morpholine rings is 1. The Labute approximate surface area is 162 Å². The number of ether oxygens (including phenoxy) is 3. The Kier molecular flexibility index (Phi) is 10.1. The molecule has 1 aliphatic rings. The van der Waals surface area contributed by atoms with Crippen molar-refractivity contribution in [1.29, 1.82) is 0 Å². The van der Waals surface area contributed by atoms with Gasteiger partial charge in [-0.3, -0.25) is 4.79 Å². The molecule has 1 aromatic rings. The summed E-state index contributed by atoms with van der Waals surface area (Å²) < 4.78 is 23.5. The lowest BCUT2D eigenvalue weighted by Crippen LogP contribution is -2.36. The Morgan fingerprint density at radius 1 is 1.42 bits per heavy atom. The molecule has 11 heteroatoms. The topological polar surface area (TPSA) is 120 Å². The van der Waals surface area contributed by atoms with Gasteiger partial charge < -0.3 is 30.0 Å². The van der Waals surface area contributed by atoms with Gasteiger partial charge in [-0.2, -0.15) is 4.37 Å². The van der Waals surface area contributed by atoms with Crippen LogP contribution in [0.2, 0.25) is 0 Å². The van der Waals surface area contributed by atoms with E-state index >= 15 is 0 Å². The lowest BCUT2D eigenvalue weighted by Gasteiger charge is -2.26. The number of hydrogen-bond acceptors (Lipinski definition) is 10. The average Bonchev–Trinajstić information content (AvgIpc) is 3.01. The molecule has 0 saturated carbocycles. The van der Waals surface area contributed by atoms with Crippen LogP contribution in [0.15, 0.2) is 0 Å². The minimum absolute atomic E-state index is 0. The van der Waals surface area contributed by atoms with Gasteiger partial charge in [-0.05, 0) is 20.8 Å². The summed E-state index contributed by atoms with van der Waals surface area (Å²) in [6, 6.07) is -0.233. The van der Waals surface area contributed by atoms with Gasteiger partial charge in [0.2, 0.25) is 5.82 Å². The standard InChI is InChI=1S/C11H16ClN3O5S.C4H11N/c12-7-20-9(17)5-8(16)6-19-11-10(13-21-14-11)15-1-3-18-4-2-15;1-4(2,3)5/h8,16H,1-7H2;5H2,1-3H3. The minimum atomic E-state index is -0.986. The van der Waals surface area contributed by atoms with E-state index in [1.165, 1.54) is 0 Å². The Hall–Kier alpha value is -1.20. The van der Waals surface area contributed by atoms with Gasteiger partial charge in [0.05, 0.1) is 37.5 Å². The third-order valence-electron chi connectivity index (χ3n) is 2.78. The molecule has 1 unspecified atom stereocenters. The first-order valence-corrected chi connectivity index (χ1v) is 9.43. The summed E-state index contributed by atoms with van der Waals surface area (Å²) in [5.41, 5.74) is 5.35. The quantitative estimate of drug-likeness (QED) is 0.500. The van der Waals surface area contributed by atoms with Gasteiger partial charge in [-0.1, -0.05) is 11.6 Å². The molecule has 0 amide bonds. The summed E-state index contributed by atoms with van der Waals surface area (Å²) in [5.74, 6) is 0.413. The number of aliphatic hydroxyl groups excluding tert-OH is 1. The van der Waals surface area contributed by atoms with Crippen LogP contribution in [0, 0.1) is 0 Å². The lowest BCUT2D eigenvalue weighted by molar-refractivity contribution is -0.144. The van der Waals surface area contributed by atoms with Crippen molar-refractivity contribution in [3.8, 4) is 5.88 Å². The van der Waals surface area contributed by atoms with E-state index in [0.717, 1.165) is 11.7 Å². The van der Waals surface area contributed by atoms with Gasteiger partial charge in [-0.15, -0.1) is 4.37 Å². The fourth-order valence-corrected chi connectivity index (χ4v) is 2.42. The van der Waals surface area contributed by atoms with E-state index in [-0.39, 0.29) is 24.6 Å². The third-order valence-corrected chi connectivity index (χ3v) is 3.39. The normalized spacial score (nSPS) is 15.7. The van der Waals surface area contributed by atoms with Crippen LogP contribution >= 0.6 is 23.3 Å². The van der Waals surface area contributed by atoms with E-state index in [1.807, 2.05) is 25.7 Å². The number of hydrogen-bond donors (Lipinski definition) is 2. The molecule has 2 rings (SSSR count). The van der Waals surface area contributed by atoms with Crippen molar-refractivity contribution in [1.82, 2.24) is 8.75 Å². The maximum atomic E-state index is 11.2. The number of halogens is 1. The highest BCUT2D eigenvalue weighted by Crippen LogP contribution is 2.26. The van der Waals surface area contributed by atoms with E-state index in [2.05, 4.69) is 13.5 Å². The molecule has 26 heavy (non-hydrogen) atoms. The van der Waals surface area contributed by atoms with Crippen molar-refractivity contribution < 1.29 is 24.1 Å². The van der Waals surface area contributed by atoms with Crippen molar-refractivity contribution in [2.24, 2.45) is 5.73 Å². The summed E-state index contributed by atoms with van der Waals surface area (Å²) in [5, 5.41) is 9.70. The number of alkyl halides is 1. The fraction of sp³-hybridized carbons (Fsp3) is 0.800. The van der Waals surface area contributed by atoms with Crippen molar-refractivity contribution in [3.05, 3.63) is 0 Å². The highest BCUT2D eigenvalue weighted by molar-refractivity contribution is 6.99. The molecule has 0 aromatic carbocycles. The first-order chi connectivity index (χ1) is 12.2. The van der Waals surface area contributed by atoms with Crippen LogP contribution in [0.3, 0.4) is 0 Å². The van der Waals surface area contributed by atoms with Crippen LogP contribution in [-0.2, 0) is 14.3 Å². The molecule has 0 radical (unpaired) electrons. The van der Waals surface area contributed by atoms with Gasteiger partial charge >= 0.3 is 5.97 Å². The molecule has 2 heterocycles. The largest absolute Gasteiger partial charge is 0.472 e. The average molecular weight is 411 g/mol. The predicted octanol–water partition coefficient (Wildman–Crippen LogP) is 0.988. The number of aliphatic hydroxyl groups is 1. The van der Waals surface area contributed by atoms with Crippen molar-refractivity contribution >= 4 is 35.1 Å². The number of esters is 1. The maximum Gasteiger partial charge on any atom is 0.309 e. The zero-order chi connectivity index (χ0) is 19.6. The molecule has 0 aliphatic carbocycles. The molecule has 1 aromatic heterocycles. The molecular formula is C15H27ClN4O5S. The Morgan fingerprint density at radius 2 is 2.04 bits per heavy atom. The van der Waals surface area contributed by atoms with E-state index in [1.54, 1.807) is 0 Å². The van der Waals surface area contributed by atoms with Gasteiger partial charge in [-0.25, -0.2) is 0 Å². The monoisotopic (exact) mass is 410 g/mol. The Bertz CT molecular complexity index is 528. The number of nitrogens with zero attached hydrogens (tertiary/aromatic N) is 3. The number of rotatable bonds is 7. The van der Waals surface area contributed by atoms with Crippen molar-refractivity contribution in [3.63, 3.8) is 0 Å². The van der Waals surface area contributed by atoms with Crippen LogP contribution in [0.5, 0.6) is 5.88 Å². The van der Waals surface area contributed by atoms with Crippen LogP contribution in [0.25, 0.3) is 0 Å². The number of aromatic nitrogens is 2. The molecule has 150 valence electrons. The Morgan fingerprint density at radius 3 is 2.62 bits per heavy atom. The third kappa shape index (κ3) is 10.1. The summed E-state index contributed by atoms with van der Waals surface area (Å²) in [4.78, 5) is 13.2. The molecule has 0 bridgehead atoms. The zero-order valence-electron chi connectivity index (χ0n) is 15.3. The zero-order valence-corrected chi connectivity index (χ0v) is 16.9. The SMILES string of the molecule is CC(C)(C)N.O=C(CC(O)COc1nsnc1N1CCOCC1)OCCl. The van der Waals surface area contributed by atoms with Crippen LogP contribution in [0.1, 0.15) is 27.2 Å². The lowest BCUT2D eigenvalue weighted by atomic mass is 10.1. The van der Waals surface area contributed by atoms with Crippen LogP contribution in [0.4, 0.5) is 5.82 Å². The second-order valence-electron chi connectivity index (χ2n) is 6.65. The second kappa shape index (κ2) is 11.5. The molecule has 3 N–H and O–H groups in total. The fourth-order valence-electron chi connectivity index (χ4n) is 1.78. The van der Waals surface area contributed by atoms with E-state index in [0.29, 0.717) is 38.0 Å². The van der Waals surface area contributed by atoms with E-state index in [9.17, 15) is 9.90 Å². The highest BCUT2D eigenvalue weighted by Gasteiger charge is 2.21. The molecule has 9 nitrogen and oxygen atoms in total. The predicted molar refractivity (Wildman–Crippen MR) is 99.8 cm³/mol. The first kappa shape index (κ1) is 22.8. The van der Waals surface area contributed by atoms with Gasteiger partial charge in [0, 0.05) is 18.6 Å². The van der Waals surface area contributed by atoms with Crippen molar-refractivity contribution in [2.75, 3.05) is 43.9 Å². The van der Waals surface area contributed by atoms with Crippen LogP contribution in [-0.4, -0.2) is 70.4 Å². The van der Waals surface area contributed by atoms with E-state index < -0.39 is 12.1 Å². The summed E-state index contributed by atoms with van der Waals surface area (Å²) >= 11 is 6.29. The number of nitrogens with two attached hydrogens (primary N) is 1. The maximum absolute atomic E-state index is 11.2. The Balaban J connectivity index is 0.000000597. The van der Waals surface area contributed by atoms with Gasteiger partial charge in [0.1, 0.15) is 6.61 Å². The first-order valence-electron chi connectivity index (χ1n) is 8.17. The molecule has 1 atom stereocenters. The van der Waals surface area contributed by atoms with Crippen LogP contribution < -0.4 is 15.4 Å². The van der Waals surface area contributed by atoms with E-state index in [4.69, 9.17) is 26.8 Å². The van der Waals surface area contributed by atoms with Gasteiger partial charge in [0.25, 0.3) is 5.88 Å². The highest BCUT2D eigenvalue weighted by atomic mass is 35.5. The number of anilines is 1. The number of carbonyl (C=O) groups is 1. The second-order valence-corrected chi connectivity index (χ2v) is 7.40.